The van der Waals surface area contributed by atoms with Gasteiger partial charge in [-0.05, 0) is 37.0 Å². The average Bonchev–Trinajstić information content (AvgIpc) is 3.10. The highest BCUT2D eigenvalue weighted by molar-refractivity contribution is 5.76. The van der Waals surface area contributed by atoms with E-state index in [9.17, 15) is 4.79 Å². The molecule has 0 unspecified atom stereocenters. The van der Waals surface area contributed by atoms with Crippen molar-refractivity contribution in [2.75, 3.05) is 19.8 Å². The Kier molecular flexibility index (Phi) is 5.64. The highest BCUT2D eigenvalue weighted by Crippen LogP contribution is 2.43. The minimum atomic E-state index is 0.0518. The van der Waals surface area contributed by atoms with Gasteiger partial charge in [-0.1, -0.05) is 38.7 Å². The van der Waals surface area contributed by atoms with Gasteiger partial charge in [-0.15, -0.1) is 0 Å². The van der Waals surface area contributed by atoms with Crippen LogP contribution in [-0.4, -0.2) is 25.7 Å². The van der Waals surface area contributed by atoms with Gasteiger partial charge < -0.3 is 14.8 Å². The third-order valence-corrected chi connectivity index (χ3v) is 5.35. The molecule has 0 saturated heterocycles. The lowest BCUT2D eigenvalue weighted by atomic mass is 9.78. The van der Waals surface area contributed by atoms with Crippen LogP contribution in [0, 0.1) is 0 Å². The molecule has 1 aliphatic carbocycles. The van der Waals surface area contributed by atoms with Crippen molar-refractivity contribution in [3.05, 3.63) is 23.8 Å². The fraction of sp³-hybridized carbons (Fsp3) is 0.650. The summed E-state index contributed by atoms with van der Waals surface area (Å²) < 4.78 is 11.4. The van der Waals surface area contributed by atoms with Crippen LogP contribution in [0.1, 0.15) is 63.9 Å². The van der Waals surface area contributed by atoms with Crippen LogP contribution in [0.25, 0.3) is 0 Å². The summed E-state index contributed by atoms with van der Waals surface area (Å²) in [6, 6.07) is 6.30. The average molecular weight is 331 g/mol. The molecule has 3 rings (SSSR count). The first-order chi connectivity index (χ1) is 11.7. The number of nitrogens with one attached hydrogen (secondary N) is 1. The molecular weight excluding hydrogens is 302 g/mol. The predicted molar refractivity (Wildman–Crippen MR) is 94.7 cm³/mol. The standard InChI is InChI=1S/C20H29NO3/c1-2-3-4-7-19(22)21-15-20(10-5-6-11-20)16-8-9-17-18(14-16)24-13-12-23-17/h8-9,14H,2-7,10-13,15H2,1H3,(H,21,22). The monoisotopic (exact) mass is 331 g/mol. The summed E-state index contributed by atoms with van der Waals surface area (Å²) in [5.41, 5.74) is 1.33. The molecule has 4 heteroatoms. The first-order valence-electron chi connectivity index (χ1n) is 9.40. The minimum Gasteiger partial charge on any atom is -0.486 e. The molecule has 1 N–H and O–H groups in total. The third kappa shape index (κ3) is 3.85. The molecule has 1 amide bonds. The molecule has 1 heterocycles. The van der Waals surface area contributed by atoms with Crippen LogP contribution in [0.15, 0.2) is 18.2 Å². The van der Waals surface area contributed by atoms with Crippen LogP contribution in [-0.2, 0) is 10.2 Å². The van der Waals surface area contributed by atoms with Gasteiger partial charge in [0.05, 0.1) is 0 Å². The van der Waals surface area contributed by atoms with Gasteiger partial charge >= 0.3 is 0 Å². The van der Waals surface area contributed by atoms with Crippen molar-refractivity contribution < 1.29 is 14.3 Å². The SMILES string of the molecule is CCCCCC(=O)NCC1(c2ccc3c(c2)OCCO3)CCCC1. The molecule has 0 radical (unpaired) electrons. The van der Waals surface area contributed by atoms with Crippen LogP contribution in [0.5, 0.6) is 11.5 Å². The van der Waals surface area contributed by atoms with Gasteiger partial charge in [-0.2, -0.15) is 0 Å². The lowest BCUT2D eigenvalue weighted by Crippen LogP contribution is -2.39. The second-order valence-electron chi connectivity index (χ2n) is 7.08. The first-order valence-corrected chi connectivity index (χ1v) is 9.40. The largest absolute Gasteiger partial charge is 0.486 e. The normalized spacial score (nSPS) is 18.4. The second kappa shape index (κ2) is 7.91. The van der Waals surface area contributed by atoms with E-state index in [2.05, 4.69) is 24.4 Å². The minimum absolute atomic E-state index is 0.0518. The number of rotatable bonds is 7. The molecule has 0 bridgehead atoms. The summed E-state index contributed by atoms with van der Waals surface area (Å²) >= 11 is 0. The van der Waals surface area contributed by atoms with Crippen molar-refractivity contribution in [1.29, 1.82) is 0 Å². The molecule has 1 saturated carbocycles. The van der Waals surface area contributed by atoms with Gasteiger partial charge in [-0.25, -0.2) is 0 Å². The zero-order valence-electron chi connectivity index (χ0n) is 14.7. The molecular formula is C20H29NO3. The molecule has 2 aliphatic rings. The van der Waals surface area contributed by atoms with E-state index in [1.165, 1.54) is 18.4 Å². The molecule has 0 atom stereocenters. The Labute approximate surface area is 144 Å². The van der Waals surface area contributed by atoms with Crippen molar-refractivity contribution in [1.82, 2.24) is 5.32 Å². The highest BCUT2D eigenvalue weighted by atomic mass is 16.6. The molecule has 24 heavy (non-hydrogen) atoms. The highest BCUT2D eigenvalue weighted by Gasteiger charge is 2.36. The van der Waals surface area contributed by atoms with Crippen LogP contribution >= 0.6 is 0 Å². The van der Waals surface area contributed by atoms with Gasteiger partial charge in [0.25, 0.3) is 0 Å². The van der Waals surface area contributed by atoms with Crippen LogP contribution < -0.4 is 14.8 Å². The lowest BCUT2D eigenvalue weighted by molar-refractivity contribution is -0.121. The molecule has 132 valence electrons. The van der Waals surface area contributed by atoms with Crippen molar-refractivity contribution in [3.63, 3.8) is 0 Å². The number of benzene rings is 1. The van der Waals surface area contributed by atoms with Gasteiger partial charge in [0.15, 0.2) is 11.5 Å². The number of fused-ring (bicyclic) bond motifs is 1. The Morgan fingerprint density at radius 3 is 2.62 bits per heavy atom. The van der Waals surface area contributed by atoms with Gasteiger partial charge in [0.1, 0.15) is 13.2 Å². The summed E-state index contributed by atoms with van der Waals surface area (Å²) in [7, 11) is 0. The maximum atomic E-state index is 12.1. The number of carbonyl (C=O) groups is 1. The summed E-state index contributed by atoms with van der Waals surface area (Å²) in [6.45, 7) is 4.12. The van der Waals surface area contributed by atoms with Gasteiger partial charge in [-0.3, -0.25) is 4.79 Å². The third-order valence-electron chi connectivity index (χ3n) is 5.35. The maximum absolute atomic E-state index is 12.1. The molecule has 0 spiro atoms. The molecule has 0 aromatic heterocycles. The molecule has 4 nitrogen and oxygen atoms in total. The lowest BCUT2D eigenvalue weighted by Gasteiger charge is -2.31. The summed E-state index contributed by atoms with van der Waals surface area (Å²) in [6.07, 6.45) is 8.60. The topological polar surface area (TPSA) is 47.6 Å². The van der Waals surface area contributed by atoms with Crippen molar-refractivity contribution in [3.8, 4) is 11.5 Å². The van der Waals surface area contributed by atoms with E-state index in [-0.39, 0.29) is 11.3 Å². The Morgan fingerprint density at radius 1 is 1.12 bits per heavy atom. The van der Waals surface area contributed by atoms with Crippen molar-refractivity contribution in [2.45, 2.75) is 63.7 Å². The van der Waals surface area contributed by atoms with E-state index in [0.29, 0.717) is 19.6 Å². The molecule has 1 fully saturated rings. The quantitative estimate of drug-likeness (QED) is 0.769. The van der Waals surface area contributed by atoms with Gasteiger partial charge in [0.2, 0.25) is 5.91 Å². The zero-order chi connectivity index (χ0) is 16.8. The summed E-state index contributed by atoms with van der Waals surface area (Å²) in [5, 5.41) is 3.19. The van der Waals surface area contributed by atoms with Crippen molar-refractivity contribution in [2.24, 2.45) is 0 Å². The second-order valence-corrected chi connectivity index (χ2v) is 7.08. The Bertz CT molecular complexity index is 564. The number of ether oxygens (including phenoxy) is 2. The fourth-order valence-corrected chi connectivity index (χ4v) is 3.88. The van der Waals surface area contributed by atoms with Gasteiger partial charge in [0, 0.05) is 18.4 Å². The van der Waals surface area contributed by atoms with E-state index in [4.69, 9.17) is 9.47 Å². The smallest absolute Gasteiger partial charge is 0.220 e. The number of hydrogen-bond acceptors (Lipinski definition) is 3. The predicted octanol–water partition coefficient (Wildman–Crippen LogP) is 3.97. The number of unbranched alkanes of at least 4 members (excludes halogenated alkanes) is 2. The first kappa shape index (κ1) is 17.1. The molecule has 1 aromatic carbocycles. The summed E-state index contributed by atoms with van der Waals surface area (Å²) in [4.78, 5) is 12.1. The molecule has 1 aromatic rings. The van der Waals surface area contributed by atoms with Crippen LogP contribution in [0.2, 0.25) is 0 Å². The van der Waals surface area contributed by atoms with E-state index >= 15 is 0 Å². The maximum Gasteiger partial charge on any atom is 0.220 e. The Morgan fingerprint density at radius 2 is 1.88 bits per heavy atom. The number of amides is 1. The van der Waals surface area contributed by atoms with E-state index in [1.54, 1.807) is 0 Å². The number of hydrogen-bond donors (Lipinski definition) is 1. The number of carbonyl (C=O) groups excluding carboxylic acids is 1. The summed E-state index contributed by atoms with van der Waals surface area (Å²) in [5.74, 6) is 1.87. The fourth-order valence-electron chi connectivity index (χ4n) is 3.88. The molecule has 1 aliphatic heterocycles. The van der Waals surface area contributed by atoms with E-state index in [0.717, 1.165) is 50.1 Å². The Hall–Kier alpha value is -1.71. The van der Waals surface area contributed by atoms with E-state index in [1.807, 2.05) is 6.07 Å². The zero-order valence-corrected chi connectivity index (χ0v) is 14.7. The van der Waals surface area contributed by atoms with E-state index < -0.39 is 0 Å². The van der Waals surface area contributed by atoms with Crippen LogP contribution in [0.4, 0.5) is 0 Å². The van der Waals surface area contributed by atoms with Crippen molar-refractivity contribution >= 4 is 5.91 Å². The Balaban J connectivity index is 1.68. The van der Waals surface area contributed by atoms with Crippen LogP contribution in [0.3, 0.4) is 0 Å².